The number of piperidine rings is 1. The first-order chi connectivity index (χ1) is 9.56. The van der Waals surface area contributed by atoms with E-state index in [-0.39, 0.29) is 16.7 Å². The van der Waals surface area contributed by atoms with Crippen molar-refractivity contribution in [2.75, 3.05) is 18.0 Å². The Morgan fingerprint density at radius 3 is 2.95 bits per heavy atom. The van der Waals surface area contributed by atoms with E-state index in [1.54, 1.807) is 12.3 Å². The van der Waals surface area contributed by atoms with Gasteiger partial charge in [0.15, 0.2) is 0 Å². The fourth-order valence-corrected chi connectivity index (χ4v) is 2.91. The van der Waals surface area contributed by atoms with Crippen molar-refractivity contribution < 1.29 is 4.92 Å². The number of aryl methyl sites for hydroxylation is 1. The SMILES string of the molecule is CCC1CCN(c2ncc(C)cc2[N+](=O)[O-])C(CN)C1. The molecule has 0 aromatic carbocycles. The summed E-state index contributed by atoms with van der Waals surface area (Å²) >= 11 is 0. The third-order valence-corrected chi connectivity index (χ3v) is 4.13. The summed E-state index contributed by atoms with van der Waals surface area (Å²) in [6.45, 7) is 5.29. The van der Waals surface area contributed by atoms with Crippen molar-refractivity contribution >= 4 is 11.5 Å². The number of anilines is 1. The average molecular weight is 278 g/mol. The minimum Gasteiger partial charge on any atom is -0.347 e. The molecule has 0 radical (unpaired) electrons. The molecule has 2 N–H and O–H groups in total. The molecule has 0 spiro atoms. The van der Waals surface area contributed by atoms with Gasteiger partial charge in [-0.05, 0) is 31.2 Å². The molecule has 0 bridgehead atoms. The molecule has 2 unspecified atom stereocenters. The van der Waals surface area contributed by atoms with Crippen molar-refractivity contribution in [3.63, 3.8) is 0 Å². The van der Waals surface area contributed by atoms with Crippen LogP contribution in [-0.4, -0.2) is 29.0 Å². The van der Waals surface area contributed by atoms with Crippen molar-refractivity contribution in [2.45, 2.75) is 39.2 Å². The smallest absolute Gasteiger partial charge is 0.311 e. The van der Waals surface area contributed by atoms with Crippen LogP contribution < -0.4 is 10.6 Å². The predicted octanol–water partition coefficient (Wildman–Crippen LogP) is 2.25. The zero-order chi connectivity index (χ0) is 14.7. The van der Waals surface area contributed by atoms with Crippen molar-refractivity contribution in [1.29, 1.82) is 0 Å². The summed E-state index contributed by atoms with van der Waals surface area (Å²) in [4.78, 5) is 17.2. The van der Waals surface area contributed by atoms with Crippen LogP contribution in [0.15, 0.2) is 12.3 Å². The summed E-state index contributed by atoms with van der Waals surface area (Å²) in [6, 6.07) is 1.73. The number of nitro groups is 1. The quantitative estimate of drug-likeness (QED) is 0.674. The van der Waals surface area contributed by atoms with Gasteiger partial charge < -0.3 is 10.6 Å². The highest BCUT2D eigenvalue weighted by Gasteiger charge is 2.31. The first kappa shape index (κ1) is 14.7. The summed E-state index contributed by atoms with van der Waals surface area (Å²) in [5.74, 6) is 1.12. The molecule has 1 fully saturated rings. The molecule has 1 aliphatic rings. The van der Waals surface area contributed by atoms with Crippen LogP contribution in [0, 0.1) is 23.0 Å². The molecule has 6 nitrogen and oxygen atoms in total. The molecule has 2 heterocycles. The van der Waals surface area contributed by atoms with E-state index in [4.69, 9.17) is 5.73 Å². The van der Waals surface area contributed by atoms with Crippen molar-refractivity contribution in [3.8, 4) is 0 Å². The average Bonchev–Trinajstić information content (AvgIpc) is 2.46. The summed E-state index contributed by atoms with van der Waals surface area (Å²) < 4.78 is 0. The first-order valence-corrected chi connectivity index (χ1v) is 7.14. The monoisotopic (exact) mass is 278 g/mol. The fourth-order valence-electron chi connectivity index (χ4n) is 2.91. The number of pyridine rings is 1. The summed E-state index contributed by atoms with van der Waals surface area (Å²) in [7, 11) is 0. The number of rotatable bonds is 4. The Bertz CT molecular complexity index is 492. The van der Waals surface area contributed by atoms with E-state index in [0.717, 1.165) is 31.4 Å². The van der Waals surface area contributed by atoms with Gasteiger partial charge >= 0.3 is 5.69 Å². The second-order valence-corrected chi connectivity index (χ2v) is 5.49. The zero-order valence-electron chi connectivity index (χ0n) is 12.1. The highest BCUT2D eigenvalue weighted by molar-refractivity contribution is 5.59. The van der Waals surface area contributed by atoms with Gasteiger partial charge in [0.1, 0.15) is 0 Å². The van der Waals surface area contributed by atoms with E-state index in [1.807, 2.05) is 11.8 Å². The second-order valence-electron chi connectivity index (χ2n) is 5.49. The van der Waals surface area contributed by atoms with Crippen LogP contribution in [0.3, 0.4) is 0 Å². The van der Waals surface area contributed by atoms with Gasteiger partial charge in [0, 0.05) is 31.4 Å². The maximum Gasteiger partial charge on any atom is 0.311 e. The lowest BCUT2D eigenvalue weighted by Gasteiger charge is -2.39. The fraction of sp³-hybridized carbons (Fsp3) is 0.643. The van der Waals surface area contributed by atoms with Gasteiger partial charge in [-0.25, -0.2) is 4.98 Å². The van der Waals surface area contributed by atoms with Crippen LogP contribution in [0.5, 0.6) is 0 Å². The van der Waals surface area contributed by atoms with Crippen LogP contribution in [-0.2, 0) is 0 Å². The Morgan fingerprint density at radius 1 is 1.60 bits per heavy atom. The van der Waals surface area contributed by atoms with Gasteiger partial charge in [-0.3, -0.25) is 10.1 Å². The second kappa shape index (κ2) is 6.17. The normalized spacial score (nSPS) is 22.9. The topological polar surface area (TPSA) is 85.3 Å². The predicted molar refractivity (Wildman–Crippen MR) is 78.8 cm³/mol. The number of nitrogens with zero attached hydrogens (tertiary/aromatic N) is 3. The number of nitrogens with two attached hydrogens (primary N) is 1. The third-order valence-electron chi connectivity index (χ3n) is 4.13. The molecule has 0 aliphatic carbocycles. The maximum absolute atomic E-state index is 11.2. The van der Waals surface area contributed by atoms with Crippen LogP contribution in [0.25, 0.3) is 0 Å². The lowest BCUT2D eigenvalue weighted by Crippen LogP contribution is -2.47. The molecule has 1 aromatic rings. The van der Waals surface area contributed by atoms with Crippen LogP contribution >= 0.6 is 0 Å². The Kier molecular flexibility index (Phi) is 4.54. The molecular formula is C14H22N4O2. The number of aromatic nitrogens is 1. The molecular weight excluding hydrogens is 256 g/mol. The molecule has 0 saturated carbocycles. The number of hydrogen-bond acceptors (Lipinski definition) is 5. The molecule has 6 heteroatoms. The van der Waals surface area contributed by atoms with Crippen LogP contribution in [0.1, 0.15) is 31.7 Å². The molecule has 2 rings (SSSR count). The van der Waals surface area contributed by atoms with E-state index in [2.05, 4.69) is 11.9 Å². The number of hydrogen-bond donors (Lipinski definition) is 1. The third kappa shape index (κ3) is 2.90. The van der Waals surface area contributed by atoms with E-state index in [9.17, 15) is 10.1 Å². The molecule has 0 amide bonds. The molecule has 110 valence electrons. The molecule has 1 aromatic heterocycles. The molecule has 2 atom stereocenters. The standard InChI is InChI=1S/C14H22N4O2/c1-3-11-4-5-17(12(7-11)8-15)14-13(18(19)20)6-10(2)9-16-14/h6,9,11-12H,3-5,7-8,15H2,1-2H3. The largest absolute Gasteiger partial charge is 0.347 e. The van der Waals surface area contributed by atoms with Gasteiger partial charge in [0.2, 0.25) is 5.82 Å². The van der Waals surface area contributed by atoms with E-state index in [1.165, 1.54) is 0 Å². The molecule has 20 heavy (non-hydrogen) atoms. The van der Waals surface area contributed by atoms with E-state index < -0.39 is 0 Å². The minimum atomic E-state index is -0.352. The van der Waals surface area contributed by atoms with Gasteiger partial charge in [0.25, 0.3) is 0 Å². The molecule has 1 aliphatic heterocycles. The summed E-state index contributed by atoms with van der Waals surface area (Å²) in [5.41, 5.74) is 6.75. The maximum atomic E-state index is 11.2. The van der Waals surface area contributed by atoms with Crippen molar-refractivity contribution in [2.24, 2.45) is 11.7 Å². The lowest BCUT2D eigenvalue weighted by molar-refractivity contribution is -0.384. The van der Waals surface area contributed by atoms with Crippen molar-refractivity contribution in [1.82, 2.24) is 4.98 Å². The van der Waals surface area contributed by atoms with Gasteiger partial charge in [-0.1, -0.05) is 13.3 Å². The summed E-state index contributed by atoms with van der Waals surface area (Å²) in [5, 5.41) is 11.2. The van der Waals surface area contributed by atoms with Gasteiger partial charge in [-0.2, -0.15) is 0 Å². The highest BCUT2D eigenvalue weighted by Crippen LogP contribution is 2.33. The highest BCUT2D eigenvalue weighted by atomic mass is 16.6. The first-order valence-electron chi connectivity index (χ1n) is 7.14. The van der Waals surface area contributed by atoms with Gasteiger partial charge in [-0.15, -0.1) is 0 Å². The Balaban J connectivity index is 2.33. The Morgan fingerprint density at radius 2 is 2.35 bits per heavy atom. The van der Waals surface area contributed by atoms with E-state index >= 15 is 0 Å². The van der Waals surface area contributed by atoms with Crippen molar-refractivity contribution in [3.05, 3.63) is 27.9 Å². The van der Waals surface area contributed by atoms with Crippen LogP contribution in [0.4, 0.5) is 11.5 Å². The molecule has 1 saturated heterocycles. The zero-order valence-corrected chi connectivity index (χ0v) is 12.1. The summed E-state index contributed by atoms with van der Waals surface area (Å²) in [6.07, 6.45) is 4.84. The van der Waals surface area contributed by atoms with E-state index in [0.29, 0.717) is 18.3 Å². The minimum absolute atomic E-state index is 0.0819. The van der Waals surface area contributed by atoms with Gasteiger partial charge in [0.05, 0.1) is 4.92 Å². The van der Waals surface area contributed by atoms with Crippen LogP contribution in [0.2, 0.25) is 0 Å². The lowest BCUT2D eigenvalue weighted by atomic mass is 9.89. The Labute approximate surface area is 119 Å². The Hall–Kier alpha value is -1.69.